The Bertz CT molecular complexity index is 918. The lowest BCUT2D eigenvalue weighted by atomic mass is 9.98. The molecule has 0 saturated carbocycles. The second kappa shape index (κ2) is 34.4. The second-order valence-electron chi connectivity index (χ2n) is 14.9. The summed E-state index contributed by atoms with van der Waals surface area (Å²) in [5, 5.41) is 0. The van der Waals surface area contributed by atoms with Crippen LogP contribution in [0.4, 0.5) is 0 Å². The van der Waals surface area contributed by atoms with E-state index in [-0.39, 0.29) is 12.7 Å². The van der Waals surface area contributed by atoms with Gasteiger partial charge in [-0.15, -0.1) is 0 Å². The fraction of sp³-hybridized carbons (Fsp3) is 0.818. The molecule has 0 radical (unpaired) electrons. The highest BCUT2D eigenvalue weighted by Crippen LogP contribution is 2.41. The Labute approximate surface area is 321 Å². The molecule has 2 atom stereocenters. The van der Waals surface area contributed by atoms with Gasteiger partial charge in [0.05, 0.1) is 19.3 Å². The van der Waals surface area contributed by atoms with Crippen LogP contribution in [0, 0.1) is 0 Å². The van der Waals surface area contributed by atoms with E-state index in [9.17, 15) is 9.46 Å². The average Bonchev–Trinajstić information content (AvgIpc) is 3.53. The third-order valence-corrected chi connectivity index (χ3v) is 10.9. The molecule has 1 N–H and O–H groups in total. The van der Waals surface area contributed by atoms with E-state index in [0.717, 1.165) is 38.5 Å². The van der Waals surface area contributed by atoms with Gasteiger partial charge in [-0.05, 0) is 84.1 Å². The van der Waals surface area contributed by atoms with Gasteiger partial charge in [0, 0.05) is 33.0 Å². The van der Waals surface area contributed by atoms with Gasteiger partial charge in [0.15, 0.2) is 5.79 Å². The maximum Gasteiger partial charge on any atom is 0.471 e. The summed E-state index contributed by atoms with van der Waals surface area (Å²) in [4.78, 5) is 11.6. The minimum absolute atomic E-state index is 0.0115. The molecule has 0 aromatic rings. The summed E-state index contributed by atoms with van der Waals surface area (Å²) in [6.45, 7) is 6.43. The van der Waals surface area contributed by atoms with Crippen LogP contribution in [0.25, 0.3) is 0 Å². The molecule has 1 heterocycles. The number of likely N-dealkylation sites (N-methyl/N-ethyl adjacent to an activating group) is 1. The Hall–Kier alpha value is -1.05. The van der Waals surface area contributed by atoms with Crippen molar-refractivity contribution in [1.82, 2.24) is 4.90 Å². The third-order valence-electron chi connectivity index (χ3n) is 9.90. The third kappa shape index (κ3) is 29.3. The molecule has 0 bridgehead atoms. The maximum absolute atomic E-state index is 11.6. The van der Waals surface area contributed by atoms with Crippen molar-refractivity contribution >= 4 is 7.82 Å². The number of unbranched alkanes of at least 4 members (excludes halogenated alkanes) is 18. The van der Waals surface area contributed by atoms with Gasteiger partial charge in [-0.2, -0.15) is 0 Å². The smallest absolute Gasteiger partial charge is 0.347 e. The molecular formula is C44H82NO6P. The molecule has 52 heavy (non-hydrogen) atoms. The number of ether oxygens (including phenoxy) is 2. The van der Waals surface area contributed by atoms with E-state index in [1.165, 1.54) is 136 Å². The highest BCUT2D eigenvalue weighted by Gasteiger charge is 2.40. The van der Waals surface area contributed by atoms with E-state index in [4.69, 9.17) is 14.0 Å². The van der Waals surface area contributed by atoms with Gasteiger partial charge in [0.1, 0.15) is 0 Å². The second-order valence-corrected chi connectivity index (χ2v) is 16.4. The normalized spacial score (nSPS) is 19.5. The van der Waals surface area contributed by atoms with Crippen LogP contribution in [-0.2, 0) is 23.1 Å². The van der Waals surface area contributed by atoms with Crippen LogP contribution >= 0.6 is 7.82 Å². The lowest BCUT2D eigenvalue weighted by Crippen LogP contribution is -2.36. The quantitative estimate of drug-likeness (QED) is 0.0385. The van der Waals surface area contributed by atoms with E-state index in [1.54, 1.807) is 0 Å². The fourth-order valence-electron chi connectivity index (χ4n) is 6.66. The van der Waals surface area contributed by atoms with Gasteiger partial charge in [-0.25, -0.2) is 4.57 Å². The van der Waals surface area contributed by atoms with Crippen LogP contribution in [0.3, 0.4) is 0 Å². The predicted molar refractivity (Wildman–Crippen MR) is 222 cm³/mol. The molecule has 0 aromatic carbocycles. The van der Waals surface area contributed by atoms with Crippen molar-refractivity contribution in [2.45, 2.75) is 193 Å². The van der Waals surface area contributed by atoms with E-state index in [2.05, 4.69) is 71.9 Å². The Kier molecular flexibility index (Phi) is 32.4. The number of phosphoric ester groups is 1. The van der Waals surface area contributed by atoms with Crippen molar-refractivity contribution in [2.75, 3.05) is 40.5 Å². The average molecular weight is 752 g/mol. The molecule has 304 valence electrons. The van der Waals surface area contributed by atoms with Crippen LogP contribution in [0.2, 0.25) is 0 Å². The lowest BCUT2D eigenvalue weighted by Gasteiger charge is -2.29. The summed E-state index contributed by atoms with van der Waals surface area (Å²) in [6.07, 6.45) is 50.4. The molecular weight excluding hydrogens is 669 g/mol. The van der Waals surface area contributed by atoms with Crippen LogP contribution in [-0.4, -0.2) is 62.1 Å². The van der Waals surface area contributed by atoms with Gasteiger partial charge >= 0.3 is 7.82 Å². The molecule has 1 rings (SSSR count). The first-order chi connectivity index (χ1) is 25.4. The summed E-state index contributed by atoms with van der Waals surface area (Å²) in [5.74, 6) is -0.483. The molecule has 8 heteroatoms. The van der Waals surface area contributed by atoms with Gasteiger partial charge in [0.25, 0.3) is 0 Å². The monoisotopic (exact) mass is 752 g/mol. The van der Waals surface area contributed by atoms with Crippen LogP contribution < -0.4 is 0 Å². The number of allylic oxidation sites excluding steroid dienone is 8. The molecule has 7 nitrogen and oxygen atoms in total. The Balaban J connectivity index is 2.34. The van der Waals surface area contributed by atoms with E-state index in [0.29, 0.717) is 19.7 Å². The largest absolute Gasteiger partial charge is 0.471 e. The van der Waals surface area contributed by atoms with Crippen molar-refractivity contribution in [3.8, 4) is 0 Å². The standard InChI is InChI=1S/C44H82NO6P/c1-5-7-9-11-13-15-17-19-21-23-25-27-29-31-33-35-37-44(49-42-43(51-44)41-45(3)39-40-50-52(46,47)48-4)38-36-34-32-30-28-26-24-22-20-18-16-14-12-10-8-6-2/h13-16,19-22,43H,5-12,17-18,23-42H2,1-4H3,(H,46,47)/t43-,44?/m1/s1. The molecule has 1 unspecified atom stereocenters. The number of hydrogen-bond acceptors (Lipinski definition) is 6. The van der Waals surface area contributed by atoms with Gasteiger partial charge < -0.3 is 19.3 Å². The van der Waals surface area contributed by atoms with Crippen LogP contribution in [0.5, 0.6) is 0 Å². The number of hydrogen-bond donors (Lipinski definition) is 1. The zero-order chi connectivity index (χ0) is 37.9. The molecule has 1 saturated heterocycles. The minimum atomic E-state index is -3.95. The van der Waals surface area contributed by atoms with Crippen molar-refractivity contribution < 1.29 is 28.0 Å². The molecule has 1 aliphatic rings. The summed E-state index contributed by atoms with van der Waals surface area (Å²) in [7, 11) is -0.795. The van der Waals surface area contributed by atoms with E-state index in [1.807, 2.05) is 7.05 Å². The first-order valence-electron chi connectivity index (χ1n) is 21.5. The molecule has 0 spiro atoms. The zero-order valence-electron chi connectivity index (χ0n) is 34.3. The van der Waals surface area contributed by atoms with Gasteiger partial charge in [0.2, 0.25) is 0 Å². The fourth-order valence-corrected chi connectivity index (χ4v) is 7.08. The van der Waals surface area contributed by atoms with Crippen molar-refractivity contribution in [1.29, 1.82) is 0 Å². The first-order valence-corrected chi connectivity index (χ1v) is 23.0. The van der Waals surface area contributed by atoms with Gasteiger partial charge in [-0.1, -0.05) is 140 Å². The number of rotatable bonds is 37. The van der Waals surface area contributed by atoms with Crippen LogP contribution in [0.15, 0.2) is 48.6 Å². The zero-order valence-corrected chi connectivity index (χ0v) is 35.2. The topological polar surface area (TPSA) is 77.5 Å². The SMILES string of the molecule is CCCCCC=CCC=CCCCCCCCCC1(CCCCCCCCC=CCC=CCCCCC)OC[C@@H](CN(C)CCOP(=O)(O)OC)O1. The lowest BCUT2D eigenvalue weighted by molar-refractivity contribution is -0.180. The number of phosphoric acid groups is 1. The summed E-state index contributed by atoms with van der Waals surface area (Å²) >= 11 is 0. The first kappa shape index (κ1) is 49.0. The van der Waals surface area contributed by atoms with Crippen molar-refractivity contribution in [3.05, 3.63) is 48.6 Å². The minimum Gasteiger partial charge on any atom is -0.347 e. The molecule has 1 fully saturated rings. The Morgan fingerprint density at radius 1 is 0.673 bits per heavy atom. The van der Waals surface area contributed by atoms with E-state index < -0.39 is 13.6 Å². The van der Waals surface area contributed by atoms with E-state index >= 15 is 0 Å². The summed E-state index contributed by atoms with van der Waals surface area (Å²) in [5.41, 5.74) is 0. The summed E-state index contributed by atoms with van der Waals surface area (Å²) < 4.78 is 34.3. The molecule has 0 aromatic heterocycles. The molecule has 0 aliphatic carbocycles. The Morgan fingerprint density at radius 2 is 1.10 bits per heavy atom. The van der Waals surface area contributed by atoms with Gasteiger partial charge in [-0.3, -0.25) is 9.05 Å². The molecule has 1 aliphatic heterocycles. The van der Waals surface area contributed by atoms with Crippen LogP contribution in [0.1, 0.15) is 181 Å². The maximum atomic E-state index is 11.6. The Morgan fingerprint density at radius 3 is 1.54 bits per heavy atom. The highest BCUT2D eigenvalue weighted by molar-refractivity contribution is 7.47. The highest BCUT2D eigenvalue weighted by atomic mass is 31.2. The van der Waals surface area contributed by atoms with Crippen molar-refractivity contribution in [2.24, 2.45) is 0 Å². The number of nitrogens with zero attached hydrogens (tertiary/aromatic N) is 1. The molecule has 0 amide bonds. The van der Waals surface area contributed by atoms with Crippen molar-refractivity contribution in [3.63, 3.8) is 0 Å². The predicted octanol–water partition coefficient (Wildman–Crippen LogP) is 13.2. The summed E-state index contributed by atoms with van der Waals surface area (Å²) in [6, 6.07) is 0.